The zero-order valence-electron chi connectivity index (χ0n) is 21.9. The highest BCUT2D eigenvalue weighted by molar-refractivity contribution is 8.00. The van der Waals surface area contributed by atoms with Gasteiger partial charge in [-0.05, 0) is 30.3 Å². The first-order valence-electron chi connectivity index (χ1n) is 12.8. The lowest BCUT2D eigenvalue weighted by atomic mass is 9.82. The lowest BCUT2D eigenvalue weighted by Crippen LogP contribution is -2.43. The molecule has 208 valence electrons. The number of nitrogens with zero attached hydrogens (tertiary/aromatic N) is 3. The number of aromatic nitrogens is 1. The zero-order chi connectivity index (χ0) is 28.0. The van der Waals surface area contributed by atoms with E-state index in [-0.39, 0.29) is 29.1 Å². The highest BCUT2D eigenvalue weighted by Gasteiger charge is 2.57. The number of anilines is 1. The Kier molecular flexibility index (Phi) is 7.15. The van der Waals surface area contributed by atoms with Crippen molar-refractivity contribution in [3.63, 3.8) is 0 Å². The summed E-state index contributed by atoms with van der Waals surface area (Å²) in [5, 5.41) is -0.234. The summed E-state index contributed by atoms with van der Waals surface area (Å²) in [6.07, 6.45) is 0. The molecule has 0 radical (unpaired) electrons. The molecule has 10 nitrogen and oxygen atoms in total. The average molecular weight is 582 g/mol. The predicted octanol–water partition coefficient (Wildman–Crippen LogP) is 2.58. The van der Waals surface area contributed by atoms with Crippen molar-refractivity contribution in [1.82, 2.24) is 9.47 Å². The van der Waals surface area contributed by atoms with Crippen molar-refractivity contribution in [3.8, 4) is 11.5 Å². The molecule has 3 amide bonds. The van der Waals surface area contributed by atoms with Crippen molar-refractivity contribution in [2.75, 3.05) is 45.4 Å². The van der Waals surface area contributed by atoms with Gasteiger partial charge in [-0.15, -0.1) is 0 Å². The Hall–Kier alpha value is -3.61. The van der Waals surface area contributed by atoms with Gasteiger partial charge in [-0.3, -0.25) is 23.7 Å². The maximum atomic E-state index is 14.0. The molecule has 0 bridgehead atoms. The van der Waals surface area contributed by atoms with Gasteiger partial charge in [0.1, 0.15) is 23.3 Å². The van der Waals surface area contributed by atoms with E-state index < -0.39 is 17.1 Å². The second kappa shape index (κ2) is 10.8. The second-order valence-corrected chi connectivity index (χ2v) is 11.7. The Labute approximate surface area is 238 Å². The molecule has 4 heterocycles. The van der Waals surface area contributed by atoms with Gasteiger partial charge < -0.3 is 19.1 Å². The van der Waals surface area contributed by atoms with Crippen molar-refractivity contribution in [3.05, 3.63) is 68.6 Å². The SMILES string of the molecule is COc1ccc(N2C(=O)C3Sc4c(sc(=O)n4CC(=O)N4CCOCC4)C(c4ccccc4OC)C3C2=O)cc1. The van der Waals surface area contributed by atoms with Crippen LogP contribution >= 0.6 is 23.1 Å². The summed E-state index contributed by atoms with van der Waals surface area (Å²) in [5.74, 6) is -1.08. The van der Waals surface area contributed by atoms with Crippen LogP contribution in [0.5, 0.6) is 11.5 Å². The number of carbonyl (C=O) groups excluding carboxylic acids is 3. The lowest BCUT2D eigenvalue weighted by molar-refractivity contribution is -0.136. The molecule has 3 aromatic rings. The van der Waals surface area contributed by atoms with Crippen molar-refractivity contribution in [1.29, 1.82) is 0 Å². The van der Waals surface area contributed by atoms with E-state index in [0.29, 0.717) is 59.0 Å². The molecule has 2 aromatic carbocycles. The lowest BCUT2D eigenvalue weighted by Gasteiger charge is -2.32. The molecule has 3 aliphatic rings. The van der Waals surface area contributed by atoms with Crippen molar-refractivity contribution >= 4 is 46.5 Å². The van der Waals surface area contributed by atoms with Crippen molar-refractivity contribution < 1.29 is 28.6 Å². The molecule has 0 spiro atoms. The maximum Gasteiger partial charge on any atom is 0.308 e. The largest absolute Gasteiger partial charge is 0.497 e. The molecule has 2 saturated heterocycles. The first kappa shape index (κ1) is 26.6. The Balaban J connectivity index is 1.45. The second-order valence-electron chi connectivity index (χ2n) is 9.61. The van der Waals surface area contributed by atoms with E-state index in [1.54, 1.807) is 49.5 Å². The molecule has 3 aliphatic heterocycles. The normalized spacial score (nSPS) is 22.2. The molecule has 3 atom stereocenters. The number of carbonyl (C=O) groups is 3. The maximum absolute atomic E-state index is 14.0. The monoisotopic (exact) mass is 581 g/mol. The minimum atomic E-state index is -0.782. The standard InChI is InChI=1S/C28H27N3O7S2/c1-36-17-9-7-16(8-10-17)31-25(33)22-21(18-5-3-4-6-19(18)37-2)24-27(39-23(22)26(31)34)30(28(35)40-24)15-20(32)29-11-13-38-14-12-29/h3-10,21-23H,11-15H2,1-2H3. The van der Waals surface area contributed by atoms with Crippen LogP contribution in [0.1, 0.15) is 16.4 Å². The van der Waals surface area contributed by atoms with Gasteiger partial charge in [0, 0.05) is 29.4 Å². The Morgan fingerprint density at radius 3 is 2.40 bits per heavy atom. The fourth-order valence-electron chi connectivity index (χ4n) is 5.55. The van der Waals surface area contributed by atoms with Crippen LogP contribution in [0.25, 0.3) is 0 Å². The molecular weight excluding hydrogens is 554 g/mol. The first-order valence-corrected chi connectivity index (χ1v) is 14.5. The third-order valence-corrected chi connectivity index (χ3v) is 10.1. The number of morpholine rings is 1. The summed E-state index contributed by atoms with van der Waals surface area (Å²) in [4.78, 5) is 57.7. The summed E-state index contributed by atoms with van der Waals surface area (Å²) in [6.45, 7) is 1.69. The summed E-state index contributed by atoms with van der Waals surface area (Å²) in [5.41, 5.74) is 1.17. The quantitative estimate of drug-likeness (QED) is 0.409. The van der Waals surface area contributed by atoms with E-state index >= 15 is 0 Å². The van der Waals surface area contributed by atoms with Gasteiger partial charge in [-0.1, -0.05) is 41.3 Å². The van der Waals surface area contributed by atoms with Gasteiger partial charge >= 0.3 is 4.87 Å². The molecule has 3 unspecified atom stereocenters. The number of hydrogen-bond acceptors (Lipinski definition) is 9. The number of fused-ring (bicyclic) bond motifs is 2. The van der Waals surface area contributed by atoms with Gasteiger partial charge in [0.05, 0.1) is 44.1 Å². The summed E-state index contributed by atoms with van der Waals surface area (Å²) >= 11 is 2.21. The third kappa shape index (κ3) is 4.40. The highest BCUT2D eigenvalue weighted by atomic mass is 32.2. The fraction of sp³-hybridized carbons (Fsp3) is 0.357. The number of methoxy groups -OCH3 is 2. The summed E-state index contributed by atoms with van der Waals surface area (Å²) in [7, 11) is 3.10. The predicted molar refractivity (Wildman–Crippen MR) is 149 cm³/mol. The van der Waals surface area contributed by atoms with Gasteiger partial charge in [0.2, 0.25) is 17.7 Å². The minimum Gasteiger partial charge on any atom is -0.497 e. The number of hydrogen-bond donors (Lipinski definition) is 0. The number of amides is 3. The van der Waals surface area contributed by atoms with E-state index in [1.165, 1.54) is 21.2 Å². The number of rotatable bonds is 6. The van der Waals surface area contributed by atoms with E-state index in [0.717, 1.165) is 11.3 Å². The molecule has 0 aliphatic carbocycles. The molecular formula is C28H27N3O7S2. The van der Waals surface area contributed by atoms with Gasteiger partial charge in [0.15, 0.2) is 0 Å². The average Bonchev–Trinajstić information content (AvgIpc) is 3.43. The summed E-state index contributed by atoms with van der Waals surface area (Å²) in [6, 6.07) is 14.1. The van der Waals surface area contributed by atoms with Crippen LogP contribution in [0.4, 0.5) is 5.69 Å². The van der Waals surface area contributed by atoms with Crippen LogP contribution in [0.3, 0.4) is 0 Å². The highest BCUT2D eigenvalue weighted by Crippen LogP contribution is 2.55. The van der Waals surface area contributed by atoms with Crippen LogP contribution in [0, 0.1) is 5.92 Å². The van der Waals surface area contributed by atoms with Crippen LogP contribution in [0.2, 0.25) is 0 Å². The molecule has 0 saturated carbocycles. The van der Waals surface area contributed by atoms with Crippen molar-refractivity contribution in [2.24, 2.45) is 5.92 Å². The molecule has 40 heavy (non-hydrogen) atoms. The Morgan fingerprint density at radius 2 is 1.70 bits per heavy atom. The number of para-hydroxylation sites is 1. The molecule has 2 fully saturated rings. The van der Waals surface area contributed by atoms with Crippen LogP contribution in [-0.2, 0) is 25.7 Å². The number of benzene rings is 2. The topological polar surface area (TPSA) is 107 Å². The Morgan fingerprint density at radius 1 is 0.975 bits per heavy atom. The number of thiazole rings is 1. The third-order valence-electron chi connectivity index (χ3n) is 7.51. The Bertz CT molecular complexity index is 1530. The number of imide groups is 1. The van der Waals surface area contributed by atoms with Gasteiger partial charge in [-0.25, -0.2) is 4.90 Å². The molecule has 12 heteroatoms. The zero-order valence-corrected chi connectivity index (χ0v) is 23.5. The van der Waals surface area contributed by atoms with E-state index in [1.807, 2.05) is 18.2 Å². The molecule has 6 rings (SSSR count). The number of thioether (sulfide) groups is 1. The fourth-order valence-corrected chi connectivity index (χ4v) is 8.31. The number of ether oxygens (including phenoxy) is 3. The smallest absolute Gasteiger partial charge is 0.308 e. The summed E-state index contributed by atoms with van der Waals surface area (Å²) < 4.78 is 17.7. The van der Waals surface area contributed by atoms with Gasteiger partial charge in [0.25, 0.3) is 0 Å². The van der Waals surface area contributed by atoms with Gasteiger partial charge in [-0.2, -0.15) is 0 Å². The minimum absolute atomic E-state index is 0.141. The van der Waals surface area contributed by atoms with Crippen molar-refractivity contribution in [2.45, 2.75) is 22.7 Å². The molecule has 1 aromatic heterocycles. The first-order chi connectivity index (χ1) is 19.4. The van der Waals surface area contributed by atoms with Crippen LogP contribution in [-0.4, -0.2) is 73.0 Å². The molecule has 0 N–H and O–H groups in total. The van der Waals surface area contributed by atoms with E-state index in [2.05, 4.69) is 0 Å². The van der Waals surface area contributed by atoms with E-state index in [9.17, 15) is 19.2 Å². The van der Waals surface area contributed by atoms with Crippen LogP contribution < -0.4 is 19.2 Å². The van der Waals surface area contributed by atoms with Crippen LogP contribution in [0.15, 0.2) is 58.4 Å². The van der Waals surface area contributed by atoms with E-state index in [4.69, 9.17) is 14.2 Å².